The van der Waals surface area contributed by atoms with Crippen LogP contribution in [0.25, 0.3) is 0 Å². The molecule has 2 fully saturated rings. The third-order valence-electron chi connectivity index (χ3n) is 5.46. The summed E-state index contributed by atoms with van der Waals surface area (Å²) in [6.45, 7) is 5.75. The monoisotopic (exact) mass is 292 g/mol. The van der Waals surface area contributed by atoms with Crippen molar-refractivity contribution in [3.8, 4) is 0 Å². The zero-order valence-corrected chi connectivity index (χ0v) is 13.3. The number of allylic oxidation sites excluding steroid dienone is 2. The molecule has 1 heterocycles. The van der Waals surface area contributed by atoms with Gasteiger partial charge in [-0.2, -0.15) is 0 Å². The Hall–Kier alpha value is -0.670. The van der Waals surface area contributed by atoms with Crippen LogP contribution in [0.4, 0.5) is 0 Å². The Balaban J connectivity index is 1.47. The van der Waals surface area contributed by atoms with Crippen molar-refractivity contribution >= 4 is 5.78 Å². The largest absolute Gasteiger partial charge is 0.346 e. The minimum absolute atomic E-state index is 0.161. The van der Waals surface area contributed by atoms with E-state index in [-0.39, 0.29) is 11.7 Å². The highest BCUT2D eigenvalue weighted by molar-refractivity contribution is 5.86. The van der Waals surface area contributed by atoms with Gasteiger partial charge in [-0.15, -0.1) is 0 Å². The number of fused-ring (bicyclic) bond motifs is 5. The maximum absolute atomic E-state index is 12.6. The molecular formula is C18H28O3. The van der Waals surface area contributed by atoms with Gasteiger partial charge in [-0.25, -0.2) is 0 Å². The molecular weight excluding hydrogens is 264 g/mol. The molecule has 21 heavy (non-hydrogen) atoms. The van der Waals surface area contributed by atoms with E-state index in [1.54, 1.807) is 0 Å². The first-order chi connectivity index (χ1) is 10.2. The minimum atomic E-state index is -0.604. The third kappa shape index (κ3) is 3.09. The van der Waals surface area contributed by atoms with Crippen LogP contribution in [0.2, 0.25) is 0 Å². The van der Waals surface area contributed by atoms with Crippen LogP contribution < -0.4 is 0 Å². The number of hydrogen-bond donors (Lipinski definition) is 0. The summed E-state index contributed by atoms with van der Waals surface area (Å²) in [5, 5.41) is 0. The fraction of sp³-hybridized carbons (Fsp3) is 0.833. The minimum Gasteiger partial charge on any atom is -0.346 e. The van der Waals surface area contributed by atoms with E-state index in [1.807, 2.05) is 0 Å². The van der Waals surface area contributed by atoms with E-state index in [0.29, 0.717) is 36.9 Å². The Morgan fingerprint density at radius 1 is 1.33 bits per heavy atom. The second-order valence-corrected chi connectivity index (χ2v) is 7.14. The van der Waals surface area contributed by atoms with Gasteiger partial charge in [-0.3, -0.25) is 4.79 Å². The predicted octanol–water partition coefficient (Wildman–Crippen LogP) is 3.58. The molecule has 2 aliphatic carbocycles. The van der Waals surface area contributed by atoms with Crippen molar-refractivity contribution in [2.75, 3.05) is 13.2 Å². The molecule has 0 N–H and O–H groups in total. The summed E-state index contributed by atoms with van der Waals surface area (Å²) in [7, 11) is 0. The highest BCUT2D eigenvalue weighted by atomic mass is 16.7. The average molecular weight is 292 g/mol. The van der Waals surface area contributed by atoms with Crippen molar-refractivity contribution in [2.24, 2.45) is 29.6 Å². The third-order valence-corrected chi connectivity index (χ3v) is 5.46. The lowest BCUT2D eigenvalue weighted by Crippen LogP contribution is -2.46. The maximum atomic E-state index is 12.6. The van der Waals surface area contributed by atoms with E-state index in [4.69, 9.17) is 9.47 Å². The molecule has 1 saturated carbocycles. The maximum Gasteiger partial charge on any atom is 0.218 e. The Bertz CT molecular complexity index is 403. The number of rotatable bonds is 7. The number of carbonyl (C=O) groups excluding carboxylic acids is 1. The van der Waals surface area contributed by atoms with E-state index in [1.165, 1.54) is 25.7 Å². The SMILES string of the molecule is CCCCC[C@@H](C)CO[C@@H]1OC[C@H]2[C@@H](C1=O)[C@H]1C=C[C@@H]2C1. The molecule has 0 aromatic rings. The molecule has 1 saturated heterocycles. The van der Waals surface area contributed by atoms with Gasteiger partial charge in [0.25, 0.3) is 0 Å². The predicted molar refractivity (Wildman–Crippen MR) is 81.7 cm³/mol. The first kappa shape index (κ1) is 15.2. The van der Waals surface area contributed by atoms with Gasteiger partial charge in [-0.1, -0.05) is 45.3 Å². The highest BCUT2D eigenvalue weighted by Gasteiger charge is 2.52. The second kappa shape index (κ2) is 6.62. The number of unbranched alkanes of at least 4 members (excludes halogenated alkanes) is 2. The fourth-order valence-corrected chi connectivity index (χ4v) is 4.22. The first-order valence-corrected chi connectivity index (χ1v) is 8.66. The summed E-state index contributed by atoms with van der Waals surface area (Å²) >= 11 is 0. The zero-order valence-electron chi connectivity index (χ0n) is 13.3. The van der Waals surface area contributed by atoms with E-state index in [2.05, 4.69) is 26.0 Å². The van der Waals surface area contributed by atoms with Crippen LogP contribution in [-0.4, -0.2) is 25.3 Å². The van der Waals surface area contributed by atoms with E-state index in [0.717, 1.165) is 6.42 Å². The van der Waals surface area contributed by atoms with Crippen molar-refractivity contribution in [3.05, 3.63) is 12.2 Å². The van der Waals surface area contributed by atoms with Gasteiger partial charge >= 0.3 is 0 Å². The molecule has 6 atom stereocenters. The summed E-state index contributed by atoms with van der Waals surface area (Å²) in [4.78, 5) is 12.6. The molecule has 118 valence electrons. The molecule has 3 heteroatoms. The molecule has 0 amide bonds. The molecule has 1 aliphatic heterocycles. The zero-order chi connectivity index (χ0) is 14.8. The number of ketones is 1. The standard InChI is InChI=1S/C18H28O3/c1-3-4-5-6-12(2)10-20-18-17(19)16-14-8-7-13(9-14)15(16)11-21-18/h7-8,12-16,18H,3-6,9-11H2,1-2H3/t12-,13-,14+,15-,16+,18-/m1/s1. The molecule has 3 nitrogen and oxygen atoms in total. The van der Waals surface area contributed by atoms with Gasteiger partial charge < -0.3 is 9.47 Å². The summed E-state index contributed by atoms with van der Waals surface area (Å²) in [6.07, 6.45) is 10.0. The van der Waals surface area contributed by atoms with Crippen LogP contribution in [0, 0.1) is 29.6 Å². The highest BCUT2D eigenvalue weighted by Crippen LogP contribution is 2.50. The second-order valence-electron chi connectivity index (χ2n) is 7.14. The van der Waals surface area contributed by atoms with E-state index in [9.17, 15) is 4.79 Å². The summed E-state index contributed by atoms with van der Waals surface area (Å²) in [6, 6.07) is 0. The van der Waals surface area contributed by atoms with Crippen molar-refractivity contribution in [3.63, 3.8) is 0 Å². The average Bonchev–Trinajstić information content (AvgIpc) is 3.08. The number of Topliss-reactive ketones (excluding diaryl/α,β-unsaturated/α-hetero) is 1. The van der Waals surface area contributed by atoms with Gasteiger partial charge in [0.05, 0.1) is 13.2 Å². The molecule has 3 aliphatic rings. The molecule has 0 aromatic heterocycles. The topological polar surface area (TPSA) is 35.5 Å². The van der Waals surface area contributed by atoms with Crippen LogP contribution in [0.15, 0.2) is 12.2 Å². The summed E-state index contributed by atoms with van der Waals surface area (Å²) in [5.41, 5.74) is 0. The molecule has 2 bridgehead atoms. The Labute approximate surface area is 128 Å². The molecule has 0 spiro atoms. The van der Waals surface area contributed by atoms with Gasteiger partial charge in [0.15, 0.2) is 5.78 Å². The lowest BCUT2D eigenvalue weighted by atomic mass is 9.79. The van der Waals surface area contributed by atoms with Crippen LogP contribution in [-0.2, 0) is 14.3 Å². The molecule has 0 unspecified atom stereocenters. The van der Waals surface area contributed by atoms with Crippen molar-refractivity contribution in [1.29, 1.82) is 0 Å². The van der Waals surface area contributed by atoms with Gasteiger partial charge in [0.1, 0.15) is 0 Å². The normalized spacial score (nSPS) is 38.8. The van der Waals surface area contributed by atoms with Crippen LogP contribution >= 0.6 is 0 Å². The van der Waals surface area contributed by atoms with E-state index < -0.39 is 6.29 Å². The van der Waals surface area contributed by atoms with Crippen molar-refractivity contribution < 1.29 is 14.3 Å². The number of carbonyl (C=O) groups is 1. The Morgan fingerprint density at radius 3 is 2.95 bits per heavy atom. The number of ether oxygens (including phenoxy) is 2. The van der Waals surface area contributed by atoms with Crippen molar-refractivity contribution in [2.45, 2.75) is 52.2 Å². The van der Waals surface area contributed by atoms with Crippen molar-refractivity contribution in [1.82, 2.24) is 0 Å². The summed E-state index contributed by atoms with van der Waals surface area (Å²) in [5.74, 6) is 2.29. The lowest BCUT2D eigenvalue weighted by molar-refractivity contribution is -0.198. The Kier molecular flexibility index (Phi) is 4.80. The Morgan fingerprint density at radius 2 is 2.14 bits per heavy atom. The van der Waals surface area contributed by atoms with Crippen LogP contribution in [0.3, 0.4) is 0 Å². The fourth-order valence-electron chi connectivity index (χ4n) is 4.22. The smallest absolute Gasteiger partial charge is 0.218 e. The molecule has 3 rings (SSSR count). The van der Waals surface area contributed by atoms with Crippen LogP contribution in [0.5, 0.6) is 0 Å². The van der Waals surface area contributed by atoms with Crippen LogP contribution in [0.1, 0.15) is 46.0 Å². The lowest BCUT2D eigenvalue weighted by Gasteiger charge is -2.35. The van der Waals surface area contributed by atoms with Gasteiger partial charge in [0.2, 0.25) is 6.29 Å². The first-order valence-electron chi connectivity index (χ1n) is 8.66. The quantitative estimate of drug-likeness (QED) is 0.531. The van der Waals surface area contributed by atoms with Gasteiger partial charge in [0, 0.05) is 5.92 Å². The molecule has 0 radical (unpaired) electrons. The molecule has 0 aromatic carbocycles. The summed E-state index contributed by atoms with van der Waals surface area (Å²) < 4.78 is 11.5. The van der Waals surface area contributed by atoms with E-state index >= 15 is 0 Å². The number of hydrogen-bond acceptors (Lipinski definition) is 3. The van der Waals surface area contributed by atoms with Gasteiger partial charge in [-0.05, 0) is 36.5 Å².